The minimum atomic E-state index is -0.441. The van der Waals surface area contributed by atoms with E-state index in [0.29, 0.717) is 0 Å². The monoisotopic (exact) mass is 434 g/mol. The van der Waals surface area contributed by atoms with Gasteiger partial charge in [-0.3, -0.25) is 0 Å². The zero-order chi connectivity index (χ0) is 22.1. The van der Waals surface area contributed by atoms with Crippen LogP contribution in [0.1, 0.15) is 42.4 Å². The maximum absolute atomic E-state index is 14.1. The Labute approximate surface area is 187 Å². The predicted octanol–water partition coefficient (Wildman–Crippen LogP) is 5.79. The van der Waals surface area contributed by atoms with Crippen molar-refractivity contribution in [2.75, 3.05) is 24.5 Å². The van der Waals surface area contributed by atoms with E-state index in [4.69, 9.17) is 0 Å². The van der Waals surface area contributed by atoms with Crippen molar-refractivity contribution in [3.05, 3.63) is 95.6 Å². The number of hydrogen-bond acceptors (Lipinski definition) is 3. The molecule has 2 aliphatic rings. The van der Waals surface area contributed by atoms with Crippen molar-refractivity contribution in [1.29, 1.82) is 0 Å². The summed E-state index contributed by atoms with van der Waals surface area (Å²) in [7, 11) is 0. The van der Waals surface area contributed by atoms with Crippen molar-refractivity contribution < 1.29 is 13.9 Å². The first-order valence-corrected chi connectivity index (χ1v) is 11.4. The minimum absolute atomic E-state index is 0.207. The lowest BCUT2D eigenvalue weighted by atomic mass is 9.88. The maximum atomic E-state index is 14.1. The second-order valence-corrected chi connectivity index (χ2v) is 8.88. The molecule has 1 N–H and O–H groups in total. The second-order valence-electron chi connectivity index (χ2n) is 8.88. The number of aliphatic hydroxyl groups excluding tert-OH is 1. The zero-order valence-electron chi connectivity index (χ0n) is 18.0. The van der Waals surface area contributed by atoms with Gasteiger partial charge in [-0.05, 0) is 79.4 Å². The lowest BCUT2D eigenvalue weighted by Gasteiger charge is -2.39. The van der Waals surface area contributed by atoms with E-state index in [0.717, 1.165) is 61.4 Å². The summed E-state index contributed by atoms with van der Waals surface area (Å²) in [6.07, 6.45) is 2.15. The SMILES string of the molecule is OC(CCCN1CCC2C(C1)c1cc(F)ccc1N2c1ccc(F)cc1)c1ccccc1. The highest BCUT2D eigenvalue weighted by molar-refractivity contribution is 5.73. The van der Waals surface area contributed by atoms with Crippen molar-refractivity contribution in [3.63, 3.8) is 0 Å². The van der Waals surface area contributed by atoms with Crippen LogP contribution in [0.4, 0.5) is 20.2 Å². The smallest absolute Gasteiger partial charge is 0.123 e. The van der Waals surface area contributed by atoms with Gasteiger partial charge in [-0.1, -0.05) is 30.3 Å². The van der Waals surface area contributed by atoms with Gasteiger partial charge in [-0.2, -0.15) is 0 Å². The molecule has 1 saturated heterocycles. The van der Waals surface area contributed by atoms with Crippen LogP contribution in [-0.4, -0.2) is 35.7 Å². The lowest BCUT2D eigenvalue weighted by molar-refractivity contribution is 0.145. The van der Waals surface area contributed by atoms with Gasteiger partial charge in [0.25, 0.3) is 0 Å². The summed E-state index contributed by atoms with van der Waals surface area (Å²) in [5, 5.41) is 10.4. The van der Waals surface area contributed by atoms with Gasteiger partial charge in [-0.25, -0.2) is 8.78 Å². The quantitative estimate of drug-likeness (QED) is 0.532. The van der Waals surface area contributed by atoms with Gasteiger partial charge in [0.1, 0.15) is 11.6 Å². The minimum Gasteiger partial charge on any atom is -0.388 e. The maximum Gasteiger partial charge on any atom is 0.123 e. The molecule has 5 heteroatoms. The molecule has 166 valence electrons. The molecule has 5 rings (SSSR count). The van der Waals surface area contributed by atoms with Crippen molar-refractivity contribution in [3.8, 4) is 0 Å². The van der Waals surface area contributed by atoms with E-state index in [1.54, 1.807) is 6.07 Å². The Morgan fingerprint density at radius 3 is 2.47 bits per heavy atom. The highest BCUT2D eigenvalue weighted by atomic mass is 19.1. The molecule has 0 saturated carbocycles. The normalized spacial score (nSPS) is 21.3. The number of likely N-dealkylation sites (tertiary alicyclic amines) is 1. The van der Waals surface area contributed by atoms with Crippen LogP contribution in [0.5, 0.6) is 0 Å². The first kappa shape index (κ1) is 21.1. The van der Waals surface area contributed by atoms with E-state index in [1.165, 1.54) is 18.2 Å². The molecule has 0 bridgehead atoms. The molecule has 0 radical (unpaired) electrons. The van der Waals surface area contributed by atoms with Crippen molar-refractivity contribution in [2.45, 2.75) is 37.3 Å². The van der Waals surface area contributed by atoms with Crippen molar-refractivity contribution in [2.24, 2.45) is 0 Å². The molecular formula is C27H28F2N2O. The summed E-state index contributed by atoms with van der Waals surface area (Å²) in [5.74, 6) is -0.263. The van der Waals surface area contributed by atoms with Crippen LogP contribution >= 0.6 is 0 Å². The average Bonchev–Trinajstić information content (AvgIpc) is 3.13. The Morgan fingerprint density at radius 2 is 1.69 bits per heavy atom. The third-order valence-electron chi connectivity index (χ3n) is 6.88. The summed E-state index contributed by atoms with van der Waals surface area (Å²) in [6, 6.07) is 21.6. The molecule has 3 aromatic carbocycles. The number of benzene rings is 3. The summed E-state index contributed by atoms with van der Waals surface area (Å²) in [4.78, 5) is 4.69. The summed E-state index contributed by atoms with van der Waals surface area (Å²) in [6.45, 7) is 2.73. The lowest BCUT2D eigenvalue weighted by Crippen LogP contribution is -2.45. The number of fused-ring (bicyclic) bond motifs is 3. The summed E-state index contributed by atoms with van der Waals surface area (Å²) < 4.78 is 27.6. The fraction of sp³-hybridized carbons (Fsp3) is 0.333. The van der Waals surface area contributed by atoms with Gasteiger partial charge in [0.2, 0.25) is 0 Å². The fourth-order valence-corrected chi connectivity index (χ4v) is 5.33. The average molecular weight is 435 g/mol. The first-order valence-electron chi connectivity index (χ1n) is 11.4. The molecule has 0 aromatic heterocycles. The van der Waals surface area contributed by atoms with Gasteiger partial charge in [0.15, 0.2) is 0 Å². The van der Waals surface area contributed by atoms with Crippen LogP contribution < -0.4 is 4.90 Å². The third-order valence-corrected chi connectivity index (χ3v) is 6.88. The second kappa shape index (κ2) is 9.00. The first-order chi connectivity index (χ1) is 15.6. The molecule has 3 atom stereocenters. The largest absolute Gasteiger partial charge is 0.388 e. The van der Waals surface area contributed by atoms with E-state index < -0.39 is 6.10 Å². The van der Waals surface area contributed by atoms with Crippen LogP contribution in [-0.2, 0) is 0 Å². The van der Waals surface area contributed by atoms with Crippen LogP contribution in [0, 0.1) is 11.6 Å². The molecule has 0 spiro atoms. The van der Waals surface area contributed by atoms with Crippen molar-refractivity contribution in [1.82, 2.24) is 4.90 Å². The Kier molecular flexibility index (Phi) is 5.94. The fourth-order valence-electron chi connectivity index (χ4n) is 5.33. The molecule has 32 heavy (non-hydrogen) atoms. The molecule has 2 heterocycles. The van der Waals surface area contributed by atoms with Crippen LogP contribution in [0.25, 0.3) is 0 Å². The van der Waals surface area contributed by atoms with E-state index >= 15 is 0 Å². The highest BCUT2D eigenvalue weighted by Crippen LogP contribution is 2.48. The molecule has 3 aromatic rings. The molecule has 0 aliphatic carbocycles. The van der Waals surface area contributed by atoms with E-state index in [9.17, 15) is 13.9 Å². The van der Waals surface area contributed by atoms with Gasteiger partial charge in [-0.15, -0.1) is 0 Å². The number of aliphatic hydroxyl groups is 1. The molecule has 2 aliphatic heterocycles. The Morgan fingerprint density at radius 1 is 0.938 bits per heavy atom. The van der Waals surface area contributed by atoms with E-state index in [1.807, 2.05) is 48.5 Å². The number of rotatable bonds is 6. The molecule has 3 unspecified atom stereocenters. The van der Waals surface area contributed by atoms with Gasteiger partial charge < -0.3 is 14.9 Å². The number of hydrogen-bond donors (Lipinski definition) is 1. The van der Waals surface area contributed by atoms with Crippen molar-refractivity contribution >= 4 is 11.4 Å². The third kappa shape index (κ3) is 4.15. The zero-order valence-corrected chi connectivity index (χ0v) is 18.0. The molecule has 1 fully saturated rings. The van der Waals surface area contributed by atoms with E-state index in [-0.39, 0.29) is 23.6 Å². The van der Waals surface area contributed by atoms with Gasteiger partial charge in [0.05, 0.1) is 6.10 Å². The Bertz CT molecular complexity index is 1060. The van der Waals surface area contributed by atoms with E-state index in [2.05, 4.69) is 9.80 Å². The molecule has 0 amide bonds. The Balaban J connectivity index is 1.29. The number of anilines is 2. The highest BCUT2D eigenvalue weighted by Gasteiger charge is 2.42. The topological polar surface area (TPSA) is 26.7 Å². The molecular weight excluding hydrogens is 406 g/mol. The van der Waals surface area contributed by atoms with Crippen LogP contribution in [0.2, 0.25) is 0 Å². The summed E-state index contributed by atoms with van der Waals surface area (Å²) >= 11 is 0. The van der Waals surface area contributed by atoms with Gasteiger partial charge in [0, 0.05) is 36.4 Å². The Hall–Kier alpha value is -2.76. The van der Waals surface area contributed by atoms with Crippen LogP contribution in [0.15, 0.2) is 72.8 Å². The standard InChI is InChI=1S/C27H28F2N2O/c28-20-8-11-22(12-9-20)31-25-13-10-21(29)17-23(25)24-18-30(16-14-26(24)31)15-4-7-27(32)19-5-2-1-3-6-19/h1-3,5-6,8-13,17,24,26-27,32H,4,7,14-16,18H2. The van der Waals surface area contributed by atoms with Crippen LogP contribution in [0.3, 0.4) is 0 Å². The number of piperidine rings is 1. The van der Waals surface area contributed by atoms with Gasteiger partial charge >= 0.3 is 0 Å². The summed E-state index contributed by atoms with van der Waals surface area (Å²) in [5.41, 5.74) is 3.97. The molecule has 3 nitrogen and oxygen atoms in total. The number of nitrogens with zero attached hydrogens (tertiary/aromatic N) is 2. The predicted molar refractivity (Wildman–Crippen MR) is 123 cm³/mol. The number of halogens is 2.